The van der Waals surface area contributed by atoms with Gasteiger partial charge >= 0.3 is 0 Å². The quantitative estimate of drug-likeness (QED) is 0.716. The molecule has 0 aliphatic carbocycles. The summed E-state index contributed by atoms with van der Waals surface area (Å²) in [5.74, 6) is 3.09. The van der Waals surface area contributed by atoms with Crippen molar-refractivity contribution >= 4 is 11.6 Å². The van der Waals surface area contributed by atoms with Gasteiger partial charge in [-0.1, -0.05) is 12.1 Å². The highest BCUT2D eigenvalue weighted by atomic mass is 16.5. The molecule has 1 atom stereocenters. The third-order valence-corrected chi connectivity index (χ3v) is 4.84. The van der Waals surface area contributed by atoms with Crippen molar-refractivity contribution < 1.29 is 9.47 Å². The lowest BCUT2D eigenvalue weighted by Crippen LogP contribution is -2.22. The SMILES string of the molecule is COc1ccc(CC2CCN(c3nnc4ccccn34)C2)cc1OC. The Hall–Kier alpha value is -2.76. The van der Waals surface area contributed by atoms with Gasteiger partial charge in [-0.25, -0.2) is 0 Å². The summed E-state index contributed by atoms with van der Waals surface area (Å²) >= 11 is 0. The molecular formula is C19H22N4O2. The highest BCUT2D eigenvalue weighted by molar-refractivity contribution is 5.47. The van der Waals surface area contributed by atoms with Crippen molar-refractivity contribution in [1.29, 1.82) is 0 Å². The Morgan fingerprint density at radius 3 is 2.80 bits per heavy atom. The Kier molecular flexibility index (Phi) is 4.17. The minimum atomic E-state index is 0.592. The zero-order chi connectivity index (χ0) is 17.2. The standard InChI is InChI=1S/C19H22N4O2/c1-24-16-7-6-14(12-17(16)25-2)11-15-8-10-22(13-15)19-21-20-18-5-3-4-9-23(18)19/h3-7,9,12,15H,8,10-11,13H2,1-2H3. The molecule has 0 saturated carbocycles. The van der Waals surface area contributed by atoms with Gasteiger partial charge in [-0.15, -0.1) is 10.2 Å². The van der Waals surface area contributed by atoms with Crippen LogP contribution in [0, 0.1) is 5.92 Å². The average Bonchev–Trinajstić information content (AvgIpc) is 3.28. The highest BCUT2D eigenvalue weighted by Crippen LogP contribution is 2.30. The van der Waals surface area contributed by atoms with Crippen LogP contribution >= 0.6 is 0 Å². The van der Waals surface area contributed by atoms with Crippen LogP contribution in [-0.2, 0) is 6.42 Å². The van der Waals surface area contributed by atoms with Crippen LogP contribution in [0.2, 0.25) is 0 Å². The first-order valence-corrected chi connectivity index (χ1v) is 8.54. The van der Waals surface area contributed by atoms with Crippen molar-refractivity contribution in [2.75, 3.05) is 32.2 Å². The number of fused-ring (bicyclic) bond motifs is 1. The van der Waals surface area contributed by atoms with Crippen LogP contribution in [0.5, 0.6) is 11.5 Å². The molecule has 6 nitrogen and oxygen atoms in total. The van der Waals surface area contributed by atoms with Gasteiger partial charge in [0, 0.05) is 19.3 Å². The second-order valence-corrected chi connectivity index (χ2v) is 6.42. The first-order valence-electron chi connectivity index (χ1n) is 8.54. The number of aromatic nitrogens is 3. The molecule has 1 fully saturated rings. The third-order valence-electron chi connectivity index (χ3n) is 4.84. The normalized spacial score (nSPS) is 17.2. The molecule has 2 aromatic heterocycles. The van der Waals surface area contributed by atoms with E-state index in [1.807, 2.05) is 30.5 Å². The van der Waals surface area contributed by atoms with Crippen LogP contribution in [0.15, 0.2) is 42.6 Å². The van der Waals surface area contributed by atoms with E-state index in [0.717, 1.165) is 49.0 Å². The van der Waals surface area contributed by atoms with Gasteiger partial charge in [0.25, 0.3) is 0 Å². The largest absolute Gasteiger partial charge is 0.493 e. The molecule has 1 aliphatic heterocycles. The molecular weight excluding hydrogens is 316 g/mol. The van der Waals surface area contributed by atoms with Gasteiger partial charge in [0.2, 0.25) is 5.95 Å². The first-order chi connectivity index (χ1) is 12.3. The second-order valence-electron chi connectivity index (χ2n) is 6.42. The molecule has 1 saturated heterocycles. The Morgan fingerprint density at radius 1 is 1.08 bits per heavy atom. The van der Waals surface area contributed by atoms with Crippen molar-refractivity contribution in [2.24, 2.45) is 5.92 Å². The monoisotopic (exact) mass is 338 g/mol. The van der Waals surface area contributed by atoms with Crippen LogP contribution in [-0.4, -0.2) is 41.9 Å². The summed E-state index contributed by atoms with van der Waals surface area (Å²) in [5.41, 5.74) is 2.16. The summed E-state index contributed by atoms with van der Waals surface area (Å²) < 4.78 is 12.8. The van der Waals surface area contributed by atoms with E-state index in [0.29, 0.717) is 5.92 Å². The van der Waals surface area contributed by atoms with E-state index in [4.69, 9.17) is 9.47 Å². The first kappa shape index (κ1) is 15.7. The topological polar surface area (TPSA) is 51.9 Å². The van der Waals surface area contributed by atoms with Gasteiger partial charge in [-0.05, 0) is 48.6 Å². The lowest BCUT2D eigenvalue weighted by Gasteiger charge is -2.16. The van der Waals surface area contributed by atoms with Crippen molar-refractivity contribution in [2.45, 2.75) is 12.8 Å². The van der Waals surface area contributed by atoms with Crippen LogP contribution in [0.1, 0.15) is 12.0 Å². The van der Waals surface area contributed by atoms with Gasteiger partial charge in [0.1, 0.15) is 0 Å². The maximum absolute atomic E-state index is 5.41. The number of methoxy groups -OCH3 is 2. The molecule has 1 aliphatic rings. The van der Waals surface area contributed by atoms with Crippen LogP contribution in [0.25, 0.3) is 5.65 Å². The van der Waals surface area contributed by atoms with E-state index < -0.39 is 0 Å². The third kappa shape index (κ3) is 2.99. The molecule has 0 amide bonds. The van der Waals surface area contributed by atoms with Crippen molar-refractivity contribution in [3.8, 4) is 11.5 Å². The zero-order valence-corrected chi connectivity index (χ0v) is 14.6. The Balaban J connectivity index is 1.48. The van der Waals surface area contributed by atoms with E-state index in [1.165, 1.54) is 5.56 Å². The number of hydrogen-bond acceptors (Lipinski definition) is 5. The van der Waals surface area contributed by atoms with E-state index in [9.17, 15) is 0 Å². The molecule has 0 spiro atoms. The lowest BCUT2D eigenvalue weighted by atomic mass is 9.98. The fourth-order valence-corrected chi connectivity index (χ4v) is 3.57. The average molecular weight is 338 g/mol. The maximum Gasteiger partial charge on any atom is 0.231 e. The molecule has 0 N–H and O–H groups in total. The minimum absolute atomic E-state index is 0.592. The number of nitrogens with zero attached hydrogens (tertiary/aromatic N) is 4. The fourth-order valence-electron chi connectivity index (χ4n) is 3.57. The molecule has 1 unspecified atom stereocenters. The van der Waals surface area contributed by atoms with Gasteiger partial charge in [-0.2, -0.15) is 0 Å². The number of rotatable bonds is 5. The summed E-state index contributed by atoms with van der Waals surface area (Å²) in [6, 6.07) is 12.2. The smallest absolute Gasteiger partial charge is 0.231 e. The lowest BCUT2D eigenvalue weighted by molar-refractivity contribution is 0.354. The van der Waals surface area contributed by atoms with Crippen LogP contribution in [0.4, 0.5) is 5.95 Å². The summed E-state index contributed by atoms with van der Waals surface area (Å²) in [7, 11) is 3.34. The zero-order valence-electron chi connectivity index (χ0n) is 14.6. The summed E-state index contributed by atoms with van der Waals surface area (Å²) in [6.45, 7) is 2.00. The molecule has 1 aromatic carbocycles. The molecule has 4 rings (SSSR count). The predicted molar refractivity (Wildman–Crippen MR) is 96.6 cm³/mol. The minimum Gasteiger partial charge on any atom is -0.493 e. The van der Waals surface area contributed by atoms with Gasteiger partial charge < -0.3 is 14.4 Å². The number of pyridine rings is 1. The molecule has 25 heavy (non-hydrogen) atoms. The Bertz CT molecular complexity index is 877. The van der Waals surface area contributed by atoms with E-state index in [1.54, 1.807) is 14.2 Å². The van der Waals surface area contributed by atoms with Crippen LogP contribution in [0.3, 0.4) is 0 Å². The molecule has 6 heteroatoms. The number of benzene rings is 1. The Labute approximate surface area is 147 Å². The molecule has 0 radical (unpaired) electrons. The van der Waals surface area contributed by atoms with Gasteiger partial charge in [-0.3, -0.25) is 4.40 Å². The van der Waals surface area contributed by atoms with Gasteiger partial charge in [0.15, 0.2) is 17.1 Å². The van der Waals surface area contributed by atoms with Crippen molar-refractivity contribution in [3.63, 3.8) is 0 Å². The Morgan fingerprint density at radius 2 is 1.96 bits per heavy atom. The summed E-state index contributed by atoms with van der Waals surface area (Å²) in [5, 5.41) is 8.63. The maximum atomic E-state index is 5.41. The molecule has 3 heterocycles. The van der Waals surface area contributed by atoms with E-state index in [2.05, 4.69) is 31.6 Å². The number of hydrogen-bond donors (Lipinski definition) is 0. The van der Waals surface area contributed by atoms with E-state index in [-0.39, 0.29) is 0 Å². The molecule has 0 bridgehead atoms. The second kappa shape index (κ2) is 6.63. The number of anilines is 1. The van der Waals surface area contributed by atoms with Crippen LogP contribution < -0.4 is 14.4 Å². The number of ether oxygens (including phenoxy) is 2. The van der Waals surface area contributed by atoms with Crippen molar-refractivity contribution in [3.05, 3.63) is 48.2 Å². The predicted octanol–water partition coefficient (Wildman–Crippen LogP) is 2.82. The highest BCUT2D eigenvalue weighted by Gasteiger charge is 2.26. The summed E-state index contributed by atoms with van der Waals surface area (Å²) in [6.07, 6.45) is 4.19. The summed E-state index contributed by atoms with van der Waals surface area (Å²) in [4.78, 5) is 2.32. The van der Waals surface area contributed by atoms with Crippen molar-refractivity contribution in [1.82, 2.24) is 14.6 Å². The molecule has 3 aromatic rings. The van der Waals surface area contributed by atoms with Gasteiger partial charge in [0.05, 0.1) is 14.2 Å². The van der Waals surface area contributed by atoms with E-state index >= 15 is 0 Å². The molecule has 130 valence electrons. The fraction of sp³-hybridized carbons (Fsp3) is 0.368.